The Kier molecular flexibility index (Phi) is 7.76. The molecule has 2 amide bonds. The molecule has 2 N–H and O–H groups in total. The molecule has 0 spiro atoms. The van der Waals surface area contributed by atoms with Crippen molar-refractivity contribution in [3.05, 3.63) is 64.7 Å². The van der Waals surface area contributed by atoms with Gasteiger partial charge in [-0.1, -0.05) is 74.4 Å². The lowest BCUT2D eigenvalue weighted by atomic mass is 9.98. The molecule has 0 aliphatic carbocycles. The van der Waals surface area contributed by atoms with Gasteiger partial charge in [-0.2, -0.15) is 0 Å². The summed E-state index contributed by atoms with van der Waals surface area (Å²) in [5, 5.41) is 15.6. The fourth-order valence-corrected chi connectivity index (χ4v) is 3.86. The molecule has 3 aromatic rings. The molecule has 2 atom stereocenters. The van der Waals surface area contributed by atoms with E-state index in [0.717, 1.165) is 24.0 Å². The van der Waals surface area contributed by atoms with Crippen LogP contribution in [0.25, 0.3) is 10.6 Å². The van der Waals surface area contributed by atoms with Gasteiger partial charge < -0.3 is 5.32 Å². The normalized spacial score (nSPS) is 12.8. The number of hydrogen-bond donors (Lipinski definition) is 2. The standard InChI is InChI=1S/C23H25ClN4O2S/c1-4-14(3)19(25-20(29)16-8-6-15(5-2)7-9-16)21(30)26-23-28-27-22(31-23)17-10-12-18(24)13-11-17/h6-14,19H,4-5H2,1-3H3,(H,25,29)(H,26,28,30). The minimum absolute atomic E-state index is 0.0532. The van der Waals surface area contributed by atoms with E-state index in [1.807, 2.05) is 38.1 Å². The minimum Gasteiger partial charge on any atom is -0.340 e. The third-order valence-corrected chi connectivity index (χ3v) is 6.29. The van der Waals surface area contributed by atoms with E-state index in [1.54, 1.807) is 24.3 Å². The maximum absolute atomic E-state index is 13.0. The van der Waals surface area contributed by atoms with Crippen molar-refractivity contribution < 1.29 is 9.59 Å². The van der Waals surface area contributed by atoms with Gasteiger partial charge in [0.25, 0.3) is 5.91 Å². The first kappa shape index (κ1) is 22.9. The lowest BCUT2D eigenvalue weighted by Gasteiger charge is -2.23. The van der Waals surface area contributed by atoms with Crippen molar-refractivity contribution >= 4 is 39.9 Å². The number of amides is 2. The molecule has 0 fully saturated rings. The topological polar surface area (TPSA) is 84.0 Å². The molecule has 0 aliphatic rings. The maximum Gasteiger partial charge on any atom is 0.251 e. The molecule has 0 bridgehead atoms. The SMILES string of the molecule is CCc1ccc(C(=O)NC(C(=O)Nc2nnc(-c3ccc(Cl)cc3)s2)C(C)CC)cc1. The Labute approximate surface area is 191 Å². The number of carbonyl (C=O) groups excluding carboxylic acids is 2. The molecule has 2 unspecified atom stereocenters. The van der Waals surface area contributed by atoms with Crippen molar-refractivity contribution in [1.29, 1.82) is 0 Å². The Morgan fingerprint density at radius 1 is 1.03 bits per heavy atom. The van der Waals surface area contributed by atoms with E-state index in [-0.39, 0.29) is 17.7 Å². The van der Waals surface area contributed by atoms with Crippen molar-refractivity contribution in [2.45, 2.75) is 39.7 Å². The summed E-state index contributed by atoms with van der Waals surface area (Å²) in [6.07, 6.45) is 1.64. The molecule has 1 aromatic heterocycles. The van der Waals surface area contributed by atoms with Crippen molar-refractivity contribution in [3.8, 4) is 10.6 Å². The van der Waals surface area contributed by atoms with Crippen molar-refractivity contribution in [3.63, 3.8) is 0 Å². The summed E-state index contributed by atoms with van der Waals surface area (Å²) >= 11 is 7.19. The van der Waals surface area contributed by atoms with Gasteiger partial charge in [0.2, 0.25) is 11.0 Å². The minimum atomic E-state index is -0.689. The summed E-state index contributed by atoms with van der Waals surface area (Å²) in [7, 11) is 0. The zero-order chi connectivity index (χ0) is 22.4. The lowest BCUT2D eigenvalue weighted by Crippen LogP contribution is -2.47. The number of halogens is 1. The van der Waals surface area contributed by atoms with Crippen LogP contribution in [-0.4, -0.2) is 28.1 Å². The summed E-state index contributed by atoms with van der Waals surface area (Å²) in [5.74, 6) is -0.642. The fourth-order valence-electron chi connectivity index (χ4n) is 2.98. The van der Waals surface area contributed by atoms with Gasteiger partial charge in [-0.05, 0) is 42.2 Å². The van der Waals surface area contributed by atoms with Crippen LogP contribution in [0.15, 0.2) is 48.5 Å². The van der Waals surface area contributed by atoms with Crippen LogP contribution in [0, 0.1) is 5.92 Å². The van der Waals surface area contributed by atoms with Crippen LogP contribution in [-0.2, 0) is 11.2 Å². The molecule has 0 saturated carbocycles. The first-order valence-electron chi connectivity index (χ1n) is 10.2. The Hall–Kier alpha value is -2.77. The van der Waals surface area contributed by atoms with E-state index in [2.05, 4.69) is 27.8 Å². The second-order valence-corrected chi connectivity index (χ2v) is 8.71. The zero-order valence-corrected chi connectivity index (χ0v) is 19.3. The number of aromatic nitrogens is 2. The molecule has 0 radical (unpaired) electrons. The van der Waals surface area contributed by atoms with Crippen LogP contribution in [0.1, 0.15) is 43.1 Å². The molecule has 3 rings (SSSR count). The second kappa shape index (κ2) is 10.5. The molecule has 6 nitrogen and oxygen atoms in total. The van der Waals surface area contributed by atoms with Gasteiger partial charge in [-0.25, -0.2) is 0 Å². The van der Waals surface area contributed by atoms with E-state index in [0.29, 0.717) is 20.7 Å². The van der Waals surface area contributed by atoms with E-state index < -0.39 is 6.04 Å². The van der Waals surface area contributed by atoms with E-state index >= 15 is 0 Å². The molecule has 0 aliphatic heterocycles. The van der Waals surface area contributed by atoms with Crippen molar-refractivity contribution in [2.75, 3.05) is 5.32 Å². The fraction of sp³-hybridized carbons (Fsp3) is 0.304. The Bertz CT molecular complexity index is 1030. The average molecular weight is 457 g/mol. The number of rotatable bonds is 8. The monoisotopic (exact) mass is 456 g/mol. The Morgan fingerprint density at radius 2 is 1.71 bits per heavy atom. The van der Waals surface area contributed by atoms with Gasteiger partial charge in [0.05, 0.1) is 0 Å². The van der Waals surface area contributed by atoms with Gasteiger partial charge in [-0.15, -0.1) is 10.2 Å². The third-order valence-electron chi connectivity index (χ3n) is 5.15. The van der Waals surface area contributed by atoms with Gasteiger partial charge in [-0.3, -0.25) is 14.9 Å². The summed E-state index contributed by atoms with van der Waals surface area (Å²) in [4.78, 5) is 25.7. The number of hydrogen-bond acceptors (Lipinski definition) is 5. The van der Waals surface area contributed by atoms with Crippen molar-refractivity contribution in [1.82, 2.24) is 15.5 Å². The maximum atomic E-state index is 13.0. The summed E-state index contributed by atoms with van der Waals surface area (Å²) < 4.78 is 0. The summed E-state index contributed by atoms with van der Waals surface area (Å²) in [5.41, 5.74) is 2.55. The van der Waals surface area contributed by atoms with Gasteiger partial charge in [0, 0.05) is 16.1 Å². The van der Waals surface area contributed by atoms with Gasteiger partial charge >= 0.3 is 0 Å². The average Bonchev–Trinajstić information content (AvgIpc) is 3.25. The van der Waals surface area contributed by atoms with Crippen LogP contribution in [0.5, 0.6) is 0 Å². The molecule has 0 saturated heterocycles. The number of aryl methyl sites for hydroxylation is 1. The molecule has 162 valence electrons. The quantitative estimate of drug-likeness (QED) is 0.487. The van der Waals surface area contributed by atoms with Crippen molar-refractivity contribution in [2.24, 2.45) is 5.92 Å². The van der Waals surface area contributed by atoms with Crippen LogP contribution >= 0.6 is 22.9 Å². The largest absolute Gasteiger partial charge is 0.340 e. The zero-order valence-electron chi connectivity index (χ0n) is 17.7. The highest BCUT2D eigenvalue weighted by Crippen LogP contribution is 2.27. The third kappa shape index (κ3) is 5.89. The van der Waals surface area contributed by atoms with E-state index in [4.69, 9.17) is 11.6 Å². The van der Waals surface area contributed by atoms with E-state index in [1.165, 1.54) is 11.3 Å². The van der Waals surface area contributed by atoms with Crippen LogP contribution in [0.4, 0.5) is 5.13 Å². The highest BCUT2D eigenvalue weighted by Gasteiger charge is 2.27. The van der Waals surface area contributed by atoms with Gasteiger partial charge in [0.15, 0.2) is 0 Å². The molecule has 8 heteroatoms. The lowest BCUT2D eigenvalue weighted by molar-refractivity contribution is -0.119. The highest BCUT2D eigenvalue weighted by atomic mass is 35.5. The Morgan fingerprint density at radius 3 is 2.32 bits per heavy atom. The van der Waals surface area contributed by atoms with Gasteiger partial charge in [0.1, 0.15) is 11.0 Å². The van der Waals surface area contributed by atoms with E-state index in [9.17, 15) is 9.59 Å². The predicted octanol–water partition coefficient (Wildman–Crippen LogP) is 5.20. The Balaban J connectivity index is 1.71. The predicted molar refractivity (Wildman–Crippen MR) is 126 cm³/mol. The highest BCUT2D eigenvalue weighted by molar-refractivity contribution is 7.18. The number of carbonyl (C=O) groups is 2. The smallest absolute Gasteiger partial charge is 0.251 e. The molecular formula is C23H25ClN4O2S. The number of anilines is 1. The molecule has 1 heterocycles. The van der Waals surface area contributed by atoms with Crippen LogP contribution in [0.2, 0.25) is 5.02 Å². The number of benzene rings is 2. The summed E-state index contributed by atoms with van der Waals surface area (Å²) in [6.45, 7) is 5.98. The first-order chi connectivity index (χ1) is 14.9. The molecule has 2 aromatic carbocycles. The van der Waals surface area contributed by atoms with Crippen LogP contribution < -0.4 is 10.6 Å². The molecular weight excluding hydrogens is 432 g/mol. The second-order valence-electron chi connectivity index (χ2n) is 7.30. The van der Waals surface area contributed by atoms with Crippen LogP contribution in [0.3, 0.4) is 0 Å². The number of nitrogens with zero attached hydrogens (tertiary/aromatic N) is 2. The number of nitrogens with one attached hydrogen (secondary N) is 2. The molecule has 31 heavy (non-hydrogen) atoms. The first-order valence-corrected chi connectivity index (χ1v) is 11.4. The summed E-state index contributed by atoms with van der Waals surface area (Å²) in [6, 6.07) is 14.0.